The molecule has 0 fully saturated rings. The van der Waals surface area contributed by atoms with Crippen molar-refractivity contribution in [2.24, 2.45) is 0 Å². The first kappa shape index (κ1) is 13.1. The smallest absolute Gasteiger partial charge is 0.306 e. The molecule has 0 aliphatic heterocycles. The van der Waals surface area contributed by atoms with Crippen LogP contribution >= 0.6 is 0 Å². The minimum Gasteiger partial charge on any atom is -0.306 e. The lowest BCUT2D eigenvalue weighted by atomic mass is 10.1. The number of para-hydroxylation sites is 1. The number of nitrogens with zero attached hydrogens (tertiary/aromatic N) is 1. The molecular formula is C11H7F3N2O3. The summed E-state index contributed by atoms with van der Waals surface area (Å²) < 4.78 is 38.8. The number of fused-ring (bicyclic) bond motifs is 1. The summed E-state index contributed by atoms with van der Waals surface area (Å²) in [6.07, 6.45) is -4.37. The molecule has 2 aromatic rings. The van der Waals surface area contributed by atoms with Gasteiger partial charge in [0.25, 0.3) is 5.56 Å². The molecule has 1 N–H and O–H groups in total. The van der Waals surface area contributed by atoms with Crippen LogP contribution in [0.5, 0.6) is 0 Å². The van der Waals surface area contributed by atoms with Gasteiger partial charge in [-0.1, -0.05) is 6.07 Å². The molecule has 0 aliphatic rings. The molecule has 19 heavy (non-hydrogen) atoms. The maximum atomic E-state index is 12.7. The van der Waals surface area contributed by atoms with Crippen LogP contribution in [-0.4, -0.2) is 15.8 Å². The molecule has 100 valence electrons. The average Bonchev–Trinajstić information content (AvgIpc) is 2.32. The number of H-pyrrole nitrogens is 1. The Morgan fingerprint density at radius 2 is 1.95 bits per heavy atom. The highest BCUT2D eigenvalue weighted by Gasteiger charge is 2.33. The molecule has 0 saturated heterocycles. The Morgan fingerprint density at radius 3 is 2.53 bits per heavy atom. The number of carbonyl (C=O) groups excluding carboxylic acids is 1. The zero-order valence-corrected chi connectivity index (χ0v) is 9.32. The molecule has 1 aromatic carbocycles. The Bertz CT molecular complexity index is 758. The van der Waals surface area contributed by atoms with Crippen molar-refractivity contribution in [1.82, 2.24) is 9.55 Å². The van der Waals surface area contributed by atoms with Gasteiger partial charge in [0.2, 0.25) is 0 Å². The lowest BCUT2D eigenvalue weighted by Crippen LogP contribution is -2.36. The van der Waals surface area contributed by atoms with Gasteiger partial charge in [0.1, 0.15) is 6.29 Å². The van der Waals surface area contributed by atoms with E-state index in [0.717, 1.165) is 18.2 Å². The topological polar surface area (TPSA) is 71.9 Å². The van der Waals surface area contributed by atoms with Crippen LogP contribution in [0.25, 0.3) is 10.9 Å². The maximum Gasteiger partial charge on any atom is 0.418 e. The number of aldehydes is 1. The average molecular weight is 272 g/mol. The van der Waals surface area contributed by atoms with Crippen LogP contribution < -0.4 is 11.2 Å². The highest BCUT2D eigenvalue weighted by molar-refractivity contribution is 5.81. The molecule has 0 spiro atoms. The molecule has 0 aliphatic carbocycles. The fourth-order valence-electron chi connectivity index (χ4n) is 1.75. The molecule has 2 rings (SSSR count). The summed E-state index contributed by atoms with van der Waals surface area (Å²) in [7, 11) is 0. The van der Waals surface area contributed by atoms with Crippen molar-refractivity contribution >= 4 is 17.2 Å². The fourth-order valence-corrected chi connectivity index (χ4v) is 1.75. The van der Waals surface area contributed by atoms with E-state index in [4.69, 9.17) is 0 Å². The van der Waals surface area contributed by atoms with Crippen molar-refractivity contribution < 1.29 is 18.0 Å². The minimum atomic E-state index is -4.69. The van der Waals surface area contributed by atoms with Crippen molar-refractivity contribution in [3.05, 3.63) is 44.6 Å². The van der Waals surface area contributed by atoms with E-state index in [1.807, 2.05) is 4.98 Å². The molecule has 8 heteroatoms. The third-order valence-electron chi connectivity index (χ3n) is 2.58. The standard InChI is InChI=1S/C11H7F3N2O3/c12-11(13,14)7-3-1-2-6-8(7)15-10(19)16(4-5-17)9(6)18/h1-3,5H,4H2,(H,15,19). The van der Waals surface area contributed by atoms with Crippen LogP contribution in [0.4, 0.5) is 13.2 Å². The van der Waals surface area contributed by atoms with Gasteiger partial charge in [-0.05, 0) is 12.1 Å². The van der Waals surface area contributed by atoms with E-state index in [1.54, 1.807) is 0 Å². The summed E-state index contributed by atoms with van der Waals surface area (Å²) in [5, 5.41) is -0.295. The molecular weight excluding hydrogens is 265 g/mol. The number of rotatable bonds is 2. The third kappa shape index (κ3) is 2.16. The number of alkyl halides is 3. The maximum absolute atomic E-state index is 12.7. The van der Waals surface area contributed by atoms with E-state index < -0.39 is 35.1 Å². The first-order valence-electron chi connectivity index (χ1n) is 5.13. The largest absolute Gasteiger partial charge is 0.418 e. The molecule has 0 atom stereocenters. The molecule has 0 amide bonds. The van der Waals surface area contributed by atoms with Crippen LogP contribution in [0.3, 0.4) is 0 Å². The van der Waals surface area contributed by atoms with E-state index in [0.29, 0.717) is 10.9 Å². The monoisotopic (exact) mass is 272 g/mol. The van der Waals surface area contributed by atoms with E-state index >= 15 is 0 Å². The summed E-state index contributed by atoms with van der Waals surface area (Å²) in [6.45, 7) is -0.514. The number of carbonyl (C=O) groups is 1. The van der Waals surface area contributed by atoms with Gasteiger partial charge >= 0.3 is 11.9 Å². The summed E-state index contributed by atoms with van der Waals surface area (Å²) >= 11 is 0. The van der Waals surface area contributed by atoms with Crippen molar-refractivity contribution in [2.45, 2.75) is 12.7 Å². The van der Waals surface area contributed by atoms with Crippen LogP contribution in [-0.2, 0) is 17.5 Å². The summed E-state index contributed by atoms with van der Waals surface area (Å²) in [6, 6.07) is 2.99. The van der Waals surface area contributed by atoms with E-state index in [-0.39, 0.29) is 5.39 Å². The number of aromatic nitrogens is 2. The van der Waals surface area contributed by atoms with Gasteiger partial charge in [0.15, 0.2) is 0 Å². The Balaban J connectivity index is 2.92. The van der Waals surface area contributed by atoms with Gasteiger partial charge < -0.3 is 9.78 Å². The highest BCUT2D eigenvalue weighted by atomic mass is 19.4. The Labute approximate surface area is 103 Å². The summed E-state index contributed by atoms with van der Waals surface area (Å²) in [5.41, 5.74) is -3.66. The second-order valence-electron chi connectivity index (χ2n) is 3.74. The van der Waals surface area contributed by atoms with Gasteiger partial charge in [-0.3, -0.25) is 9.36 Å². The Hall–Kier alpha value is -2.38. The zero-order chi connectivity index (χ0) is 14.2. The van der Waals surface area contributed by atoms with Crippen molar-refractivity contribution in [3.8, 4) is 0 Å². The van der Waals surface area contributed by atoms with E-state index in [2.05, 4.69) is 0 Å². The van der Waals surface area contributed by atoms with Gasteiger partial charge in [0, 0.05) is 0 Å². The number of halogens is 3. The SMILES string of the molecule is O=CCn1c(=O)[nH]c2c(C(F)(F)F)cccc2c1=O. The number of benzene rings is 1. The molecule has 0 unspecified atom stereocenters. The van der Waals surface area contributed by atoms with E-state index in [9.17, 15) is 27.6 Å². The van der Waals surface area contributed by atoms with Crippen LogP contribution in [0, 0.1) is 0 Å². The number of hydrogen-bond donors (Lipinski definition) is 1. The van der Waals surface area contributed by atoms with Gasteiger partial charge in [-0.2, -0.15) is 13.2 Å². The zero-order valence-electron chi connectivity index (χ0n) is 9.32. The second-order valence-corrected chi connectivity index (χ2v) is 3.74. The quantitative estimate of drug-likeness (QED) is 0.826. The predicted molar refractivity (Wildman–Crippen MR) is 59.9 cm³/mol. The summed E-state index contributed by atoms with van der Waals surface area (Å²) in [5.74, 6) is 0. The van der Waals surface area contributed by atoms with Gasteiger partial charge in [0.05, 0.1) is 23.0 Å². The lowest BCUT2D eigenvalue weighted by Gasteiger charge is -2.10. The fraction of sp³-hybridized carbons (Fsp3) is 0.182. The van der Waals surface area contributed by atoms with Crippen molar-refractivity contribution in [3.63, 3.8) is 0 Å². The first-order chi connectivity index (χ1) is 8.86. The van der Waals surface area contributed by atoms with E-state index in [1.165, 1.54) is 0 Å². The number of nitrogens with one attached hydrogen (secondary N) is 1. The Morgan fingerprint density at radius 1 is 1.26 bits per heavy atom. The molecule has 5 nitrogen and oxygen atoms in total. The minimum absolute atomic E-state index is 0.295. The number of aromatic amines is 1. The predicted octanol–water partition coefficient (Wildman–Crippen LogP) is 0.907. The van der Waals surface area contributed by atoms with Crippen LogP contribution in [0.1, 0.15) is 5.56 Å². The van der Waals surface area contributed by atoms with Crippen molar-refractivity contribution in [2.75, 3.05) is 0 Å². The molecule has 0 saturated carbocycles. The third-order valence-corrected chi connectivity index (χ3v) is 2.58. The van der Waals surface area contributed by atoms with Crippen molar-refractivity contribution in [1.29, 1.82) is 0 Å². The molecule has 0 radical (unpaired) electrons. The van der Waals surface area contributed by atoms with Crippen LogP contribution in [0.2, 0.25) is 0 Å². The Kier molecular flexibility index (Phi) is 3.01. The highest BCUT2D eigenvalue weighted by Crippen LogP contribution is 2.32. The summed E-state index contributed by atoms with van der Waals surface area (Å²) in [4.78, 5) is 35.7. The first-order valence-corrected chi connectivity index (χ1v) is 5.13. The normalized spacial score (nSPS) is 11.7. The van der Waals surface area contributed by atoms with Crippen LogP contribution in [0.15, 0.2) is 27.8 Å². The van der Waals surface area contributed by atoms with Gasteiger partial charge in [-0.25, -0.2) is 4.79 Å². The van der Waals surface area contributed by atoms with Gasteiger partial charge in [-0.15, -0.1) is 0 Å². The molecule has 1 aromatic heterocycles. The molecule has 0 bridgehead atoms. The molecule has 1 heterocycles. The second kappa shape index (κ2) is 4.38. The number of hydrogen-bond acceptors (Lipinski definition) is 3. The lowest BCUT2D eigenvalue weighted by molar-refractivity contribution is -0.136.